The number of rotatable bonds is 2. The lowest BCUT2D eigenvalue weighted by Gasteiger charge is -2.23. The molecule has 0 heterocycles. The Bertz CT molecular complexity index is 708. The van der Waals surface area contributed by atoms with Crippen molar-refractivity contribution in [2.24, 2.45) is 0 Å². The van der Waals surface area contributed by atoms with Crippen LogP contribution >= 0.6 is 11.6 Å². The maximum atomic E-state index is 8.88. The molecule has 2 nitrogen and oxygen atoms in total. The summed E-state index contributed by atoms with van der Waals surface area (Å²) in [5.74, 6) is 1.36. The van der Waals surface area contributed by atoms with Crippen molar-refractivity contribution in [3.8, 4) is 17.6 Å². The molecule has 0 amide bonds. The zero-order valence-electron chi connectivity index (χ0n) is 12.7. The minimum Gasteiger partial charge on any atom is -0.455 e. The molecule has 2 aromatic carbocycles. The highest BCUT2D eigenvalue weighted by Gasteiger charge is 2.20. The molecule has 0 saturated heterocycles. The van der Waals surface area contributed by atoms with Gasteiger partial charge in [-0.05, 0) is 42.2 Å². The molecule has 0 N–H and O–H groups in total. The van der Waals surface area contributed by atoms with E-state index in [4.69, 9.17) is 21.6 Å². The first-order valence-electron chi connectivity index (χ1n) is 6.80. The van der Waals surface area contributed by atoms with Crippen LogP contribution in [0.2, 0.25) is 5.02 Å². The summed E-state index contributed by atoms with van der Waals surface area (Å²) in [6.45, 7) is 8.46. The number of nitriles is 1. The lowest BCUT2D eigenvalue weighted by Crippen LogP contribution is -2.12. The molecule has 3 heteroatoms. The molecule has 2 rings (SSSR count). The zero-order chi connectivity index (χ0) is 15.6. The van der Waals surface area contributed by atoms with Crippen LogP contribution in [-0.4, -0.2) is 0 Å². The second-order valence-electron chi connectivity index (χ2n) is 6.11. The van der Waals surface area contributed by atoms with Gasteiger partial charge < -0.3 is 4.74 Å². The topological polar surface area (TPSA) is 33.0 Å². The van der Waals surface area contributed by atoms with Crippen molar-refractivity contribution in [1.82, 2.24) is 0 Å². The summed E-state index contributed by atoms with van der Waals surface area (Å²) in [4.78, 5) is 0. The summed E-state index contributed by atoms with van der Waals surface area (Å²) < 4.78 is 6.01. The third kappa shape index (κ3) is 3.56. The van der Waals surface area contributed by atoms with Gasteiger partial charge in [-0.15, -0.1) is 0 Å². The van der Waals surface area contributed by atoms with Crippen molar-refractivity contribution in [3.05, 3.63) is 58.1 Å². The van der Waals surface area contributed by atoms with Gasteiger partial charge >= 0.3 is 0 Å². The van der Waals surface area contributed by atoms with Crippen molar-refractivity contribution in [3.63, 3.8) is 0 Å². The fourth-order valence-corrected chi connectivity index (χ4v) is 2.32. The van der Waals surface area contributed by atoms with E-state index in [1.54, 1.807) is 18.2 Å². The summed E-state index contributed by atoms with van der Waals surface area (Å²) in [7, 11) is 0. The molecule has 21 heavy (non-hydrogen) atoms. The highest BCUT2D eigenvalue weighted by atomic mass is 35.5. The fourth-order valence-electron chi connectivity index (χ4n) is 2.11. The number of ether oxygens (including phenoxy) is 1. The number of nitrogens with zero attached hydrogens (tertiary/aromatic N) is 1. The van der Waals surface area contributed by atoms with Crippen LogP contribution in [0.25, 0.3) is 0 Å². The second kappa shape index (κ2) is 5.79. The van der Waals surface area contributed by atoms with Gasteiger partial charge in [-0.2, -0.15) is 5.26 Å². The van der Waals surface area contributed by atoms with Gasteiger partial charge in [0, 0.05) is 5.56 Å². The summed E-state index contributed by atoms with van der Waals surface area (Å²) in [6, 6.07) is 13.3. The van der Waals surface area contributed by atoms with Crippen LogP contribution in [0.1, 0.15) is 37.5 Å². The molecule has 0 aromatic heterocycles. The van der Waals surface area contributed by atoms with Crippen LogP contribution in [0.3, 0.4) is 0 Å². The molecule has 0 unspecified atom stereocenters. The van der Waals surface area contributed by atoms with Gasteiger partial charge in [0.05, 0.1) is 16.7 Å². The Morgan fingerprint density at radius 1 is 1.05 bits per heavy atom. The second-order valence-corrected chi connectivity index (χ2v) is 6.52. The number of halogens is 1. The van der Waals surface area contributed by atoms with Crippen LogP contribution in [0.4, 0.5) is 0 Å². The van der Waals surface area contributed by atoms with Crippen LogP contribution in [0, 0.1) is 18.3 Å². The first-order valence-corrected chi connectivity index (χ1v) is 7.17. The molecular weight excluding hydrogens is 282 g/mol. The highest BCUT2D eigenvalue weighted by molar-refractivity contribution is 6.32. The zero-order valence-corrected chi connectivity index (χ0v) is 13.5. The molecule has 0 fully saturated rings. The molecular formula is C18H18ClNO. The Morgan fingerprint density at radius 2 is 1.76 bits per heavy atom. The number of hydrogen-bond donors (Lipinski definition) is 0. The monoisotopic (exact) mass is 299 g/mol. The van der Waals surface area contributed by atoms with Crippen LogP contribution in [-0.2, 0) is 5.41 Å². The Hall–Kier alpha value is -1.98. The third-order valence-corrected chi connectivity index (χ3v) is 3.52. The molecule has 0 radical (unpaired) electrons. The average Bonchev–Trinajstić information content (AvgIpc) is 2.39. The van der Waals surface area contributed by atoms with E-state index in [-0.39, 0.29) is 5.41 Å². The number of hydrogen-bond acceptors (Lipinski definition) is 2. The van der Waals surface area contributed by atoms with E-state index < -0.39 is 0 Å². The smallest absolute Gasteiger partial charge is 0.146 e. The van der Waals surface area contributed by atoms with Gasteiger partial charge in [0.2, 0.25) is 0 Å². The van der Waals surface area contributed by atoms with E-state index in [0.29, 0.717) is 16.3 Å². The van der Waals surface area contributed by atoms with E-state index in [9.17, 15) is 0 Å². The first kappa shape index (κ1) is 15.4. The Labute approximate surface area is 130 Å². The molecule has 108 valence electrons. The maximum Gasteiger partial charge on any atom is 0.146 e. The standard InChI is InChI=1S/C18H18ClNO/c1-12-5-7-14(18(2,3)4)17(9-12)21-16-8-6-13(11-20)10-15(16)19/h5-10H,1-4H3. The van der Waals surface area contributed by atoms with E-state index in [1.165, 1.54) is 0 Å². The molecule has 0 aliphatic heterocycles. The Morgan fingerprint density at radius 3 is 2.33 bits per heavy atom. The van der Waals surface area contributed by atoms with Crippen LogP contribution in [0.5, 0.6) is 11.5 Å². The predicted octanol–water partition coefficient (Wildman–Crippen LogP) is 5.61. The van der Waals surface area contributed by atoms with Crippen molar-refractivity contribution in [2.45, 2.75) is 33.1 Å². The van der Waals surface area contributed by atoms with Gasteiger partial charge in [0.15, 0.2) is 0 Å². The largest absolute Gasteiger partial charge is 0.455 e. The Balaban J connectivity index is 2.44. The van der Waals surface area contributed by atoms with Crippen molar-refractivity contribution in [1.29, 1.82) is 5.26 Å². The van der Waals surface area contributed by atoms with E-state index in [1.807, 2.05) is 13.0 Å². The molecule has 0 saturated carbocycles. The van der Waals surface area contributed by atoms with Gasteiger partial charge in [-0.25, -0.2) is 0 Å². The molecule has 2 aromatic rings. The van der Waals surface area contributed by atoms with E-state index in [0.717, 1.165) is 16.9 Å². The molecule has 0 atom stereocenters. The quantitative estimate of drug-likeness (QED) is 0.722. The highest BCUT2D eigenvalue weighted by Crippen LogP contribution is 2.37. The predicted molar refractivity (Wildman–Crippen MR) is 86.1 cm³/mol. The summed E-state index contributed by atoms with van der Waals surface area (Å²) in [6.07, 6.45) is 0. The number of aryl methyl sites for hydroxylation is 1. The van der Waals surface area contributed by atoms with E-state index >= 15 is 0 Å². The molecule has 0 spiro atoms. The van der Waals surface area contributed by atoms with Gasteiger partial charge in [-0.3, -0.25) is 0 Å². The molecule has 0 aliphatic carbocycles. The van der Waals surface area contributed by atoms with Gasteiger partial charge in [0.25, 0.3) is 0 Å². The maximum absolute atomic E-state index is 8.88. The van der Waals surface area contributed by atoms with Crippen molar-refractivity contribution >= 4 is 11.6 Å². The normalized spacial score (nSPS) is 11.0. The van der Waals surface area contributed by atoms with Crippen LogP contribution in [0.15, 0.2) is 36.4 Å². The van der Waals surface area contributed by atoms with Gasteiger partial charge in [0.1, 0.15) is 11.5 Å². The minimum absolute atomic E-state index is 0.0257. The summed E-state index contributed by atoms with van der Waals surface area (Å²) in [5.41, 5.74) is 2.74. The molecule has 0 bridgehead atoms. The van der Waals surface area contributed by atoms with E-state index in [2.05, 4.69) is 39.0 Å². The lowest BCUT2D eigenvalue weighted by molar-refractivity contribution is 0.455. The van der Waals surface area contributed by atoms with Gasteiger partial charge in [-0.1, -0.05) is 44.5 Å². The van der Waals surface area contributed by atoms with Crippen molar-refractivity contribution < 1.29 is 4.74 Å². The van der Waals surface area contributed by atoms with Crippen LogP contribution < -0.4 is 4.74 Å². The lowest BCUT2D eigenvalue weighted by atomic mass is 9.86. The fraction of sp³-hybridized carbons (Fsp3) is 0.278. The number of benzene rings is 2. The SMILES string of the molecule is Cc1ccc(C(C)(C)C)c(Oc2ccc(C#N)cc2Cl)c1. The average molecular weight is 300 g/mol. The minimum atomic E-state index is -0.0257. The summed E-state index contributed by atoms with van der Waals surface area (Å²) >= 11 is 6.19. The van der Waals surface area contributed by atoms with Crippen molar-refractivity contribution in [2.75, 3.05) is 0 Å². The first-order chi connectivity index (χ1) is 9.81. The molecule has 0 aliphatic rings. The summed E-state index contributed by atoms with van der Waals surface area (Å²) in [5, 5.41) is 9.32. The Kier molecular flexibility index (Phi) is 4.25. The third-order valence-electron chi connectivity index (χ3n) is 3.23.